The monoisotopic (exact) mass is 430 g/mol. The molecular formula is C21H14ClF3N4O. The zero-order chi connectivity index (χ0) is 21.5. The molecule has 0 bridgehead atoms. The molecule has 0 aliphatic rings. The second-order valence-electron chi connectivity index (χ2n) is 6.60. The van der Waals surface area contributed by atoms with Gasteiger partial charge in [0.05, 0.1) is 27.4 Å². The molecule has 0 atom stereocenters. The summed E-state index contributed by atoms with van der Waals surface area (Å²) in [4.78, 5) is 17.0. The molecule has 152 valence electrons. The highest BCUT2D eigenvalue weighted by Crippen LogP contribution is 2.32. The predicted molar refractivity (Wildman–Crippen MR) is 108 cm³/mol. The fourth-order valence-electron chi connectivity index (χ4n) is 3.03. The standard InChI is InChI=1S/C21H14ClF3N4O/c1-29-19(11-18(28-29)12-4-2-6-14(8-12)21(23,24)25)27-20(30)15-10-17-13(9-16(15)22)5-3-7-26-17/h2-11H,1H3,(H,27,30). The lowest BCUT2D eigenvalue weighted by Crippen LogP contribution is -2.15. The Morgan fingerprint density at radius 1 is 1.10 bits per heavy atom. The number of benzene rings is 2. The third-order valence-electron chi connectivity index (χ3n) is 4.54. The number of rotatable bonds is 3. The summed E-state index contributed by atoms with van der Waals surface area (Å²) in [6.45, 7) is 0. The molecule has 5 nitrogen and oxygen atoms in total. The first-order chi connectivity index (χ1) is 14.2. The van der Waals surface area contributed by atoms with Crippen molar-refractivity contribution < 1.29 is 18.0 Å². The molecular weight excluding hydrogens is 417 g/mol. The molecule has 0 fully saturated rings. The molecule has 0 spiro atoms. The van der Waals surface area contributed by atoms with Crippen LogP contribution in [0.5, 0.6) is 0 Å². The Morgan fingerprint density at radius 2 is 1.90 bits per heavy atom. The number of fused-ring (bicyclic) bond motifs is 1. The van der Waals surface area contributed by atoms with Crippen LogP contribution >= 0.6 is 11.6 Å². The van der Waals surface area contributed by atoms with E-state index in [1.54, 1.807) is 31.4 Å². The minimum atomic E-state index is -4.46. The number of nitrogens with one attached hydrogen (secondary N) is 1. The Kier molecular flexibility index (Phi) is 4.95. The summed E-state index contributed by atoms with van der Waals surface area (Å²) in [7, 11) is 1.58. The van der Waals surface area contributed by atoms with Gasteiger partial charge in [-0.2, -0.15) is 18.3 Å². The first-order valence-corrected chi connectivity index (χ1v) is 9.17. The molecule has 0 aliphatic heterocycles. The molecule has 4 aromatic rings. The number of hydrogen-bond donors (Lipinski definition) is 1. The average Bonchev–Trinajstić information content (AvgIpc) is 3.07. The summed E-state index contributed by atoms with van der Waals surface area (Å²) in [5.74, 6) is -0.171. The SMILES string of the molecule is Cn1nc(-c2cccc(C(F)(F)F)c2)cc1NC(=O)c1cc2ncccc2cc1Cl. The van der Waals surface area contributed by atoms with Gasteiger partial charge in [0.1, 0.15) is 5.82 Å². The van der Waals surface area contributed by atoms with E-state index in [1.807, 2.05) is 6.07 Å². The number of aryl methyl sites for hydroxylation is 1. The van der Waals surface area contributed by atoms with Crippen molar-refractivity contribution in [2.24, 2.45) is 7.05 Å². The van der Waals surface area contributed by atoms with Crippen molar-refractivity contribution in [2.45, 2.75) is 6.18 Å². The molecule has 0 aliphatic carbocycles. The van der Waals surface area contributed by atoms with Crippen molar-refractivity contribution in [2.75, 3.05) is 5.32 Å². The van der Waals surface area contributed by atoms with Crippen molar-refractivity contribution in [1.29, 1.82) is 0 Å². The number of nitrogens with zero attached hydrogens (tertiary/aromatic N) is 3. The number of alkyl halides is 3. The van der Waals surface area contributed by atoms with Crippen LogP contribution in [0.15, 0.2) is 60.8 Å². The number of aromatic nitrogens is 3. The Labute approximate surface area is 174 Å². The Morgan fingerprint density at radius 3 is 2.67 bits per heavy atom. The molecule has 2 aromatic carbocycles. The predicted octanol–water partition coefficient (Wildman–Crippen LogP) is 5.56. The molecule has 30 heavy (non-hydrogen) atoms. The van der Waals surface area contributed by atoms with Crippen LogP contribution in [0.25, 0.3) is 22.2 Å². The Balaban J connectivity index is 1.63. The van der Waals surface area contributed by atoms with E-state index in [0.717, 1.165) is 17.5 Å². The quantitative estimate of drug-likeness (QED) is 0.463. The third-order valence-corrected chi connectivity index (χ3v) is 4.86. The van der Waals surface area contributed by atoms with Gasteiger partial charge in [0, 0.05) is 30.3 Å². The van der Waals surface area contributed by atoms with Gasteiger partial charge in [-0.05, 0) is 30.3 Å². The molecule has 0 saturated heterocycles. The van der Waals surface area contributed by atoms with Crippen LogP contribution in [0, 0.1) is 0 Å². The molecule has 4 rings (SSSR count). The number of hydrogen-bond acceptors (Lipinski definition) is 3. The number of pyridine rings is 1. The van der Waals surface area contributed by atoms with Gasteiger partial charge in [0.15, 0.2) is 0 Å². The van der Waals surface area contributed by atoms with Crippen LogP contribution in [-0.2, 0) is 13.2 Å². The first-order valence-electron chi connectivity index (χ1n) is 8.80. The number of carbonyl (C=O) groups excluding carboxylic acids is 1. The van der Waals surface area contributed by atoms with Gasteiger partial charge < -0.3 is 5.32 Å². The molecule has 1 amide bonds. The van der Waals surface area contributed by atoms with Gasteiger partial charge >= 0.3 is 6.18 Å². The highest BCUT2D eigenvalue weighted by atomic mass is 35.5. The van der Waals surface area contributed by atoms with E-state index in [0.29, 0.717) is 17.0 Å². The molecule has 0 unspecified atom stereocenters. The van der Waals surface area contributed by atoms with Gasteiger partial charge in [-0.3, -0.25) is 14.5 Å². The highest BCUT2D eigenvalue weighted by Gasteiger charge is 2.30. The van der Waals surface area contributed by atoms with Gasteiger partial charge in [0.25, 0.3) is 5.91 Å². The summed E-state index contributed by atoms with van der Waals surface area (Å²) in [5.41, 5.74) is 0.650. The molecule has 0 saturated carbocycles. The van der Waals surface area contributed by atoms with Crippen molar-refractivity contribution in [3.63, 3.8) is 0 Å². The van der Waals surface area contributed by atoms with Gasteiger partial charge in [-0.15, -0.1) is 0 Å². The summed E-state index contributed by atoms with van der Waals surface area (Å²) in [5, 5.41) is 7.96. The van der Waals surface area contributed by atoms with Crippen LogP contribution in [0.4, 0.5) is 19.0 Å². The minimum Gasteiger partial charge on any atom is -0.307 e. The zero-order valence-corrected chi connectivity index (χ0v) is 16.3. The second-order valence-corrected chi connectivity index (χ2v) is 7.01. The topological polar surface area (TPSA) is 59.8 Å². The summed E-state index contributed by atoms with van der Waals surface area (Å²) in [6, 6.07) is 13.2. The molecule has 0 radical (unpaired) electrons. The van der Waals surface area contributed by atoms with E-state index in [9.17, 15) is 18.0 Å². The van der Waals surface area contributed by atoms with E-state index in [-0.39, 0.29) is 16.1 Å². The van der Waals surface area contributed by atoms with Crippen molar-refractivity contribution in [3.8, 4) is 11.3 Å². The Hall–Kier alpha value is -3.39. The largest absolute Gasteiger partial charge is 0.416 e. The van der Waals surface area contributed by atoms with Gasteiger partial charge in [-0.1, -0.05) is 29.8 Å². The van der Waals surface area contributed by atoms with Crippen molar-refractivity contribution in [3.05, 3.63) is 76.9 Å². The maximum atomic E-state index is 13.0. The summed E-state index contributed by atoms with van der Waals surface area (Å²) in [6.07, 6.45) is -2.84. The van der Waals surface area contributed by atoms with E-state index >= 15 is 0 Å². The van der Waals surface area contributed by atoms with Crippen LogP contribution in [0.3, 0.4) is 0 Å². The second kappa shape index (κ2) is 7.46. The lowest BCUT2D eigenvalue weighted by atomic mass is 10.1. The summed E-state index contributed by atoms with van der Waals surface area (Å²) < 4.78 is 40.3. The summed E-state index contributed by atoms with van der Waals surface area (Å²) >= 11 is 6.25. The fourth-order valence-corrected chi connectivity index (χ4v) is 3.29. The lowest BCUT2D eigenvalue weighted by molar-refractivity contribution is -0.137. The highest BCUT2D eigenvalue weighted by molar-refractivity contribution is 6.35. The van der Waals surface area contributed by atoms with Crippen LogP contribution in [0.2, 0.25) is 5.02 Å². The van der Waals surface area contributed by atoms with Crippen LogP contribution in [0.1, 0.15) is 15.9 Å². The molecule has 2 aromatic heterocycles. The maximum Gasteiger partial charge on any atom is 0.416 e. The normalized spacial score (nSPS) is 11.6. The smallest absolute Gasteiger partial charge is 0.307 e. The van der Waals surface area contributed by atoms with Crippen LogP contribution in [-0.4, -0.2) is 20.7 Å². The number of halogens is 4. The van der Waals surface area contributed by atoms with E-state index in [1.165, 1.54) is 22.9 Å². The maximum absolute atomic E-state index is 13.0. The first kappa shape index (κ1) is 19.9. The van der Waals surface area contributed by atoms with E-state index in [4.69, 9.17) is 11.6 Å². The zero-order valence-electron chi connectivity index (χ0n) is 15.5. The van der Waals surface area contributed by atoms with Crippen molar-refractivity contribution >= 4 is 34.2 Å². The third kappa shape index (κ3) is 3.86. The minimum absolute atomic E-state index is 0.227. The lowest BCUT2D eigenvalue weighted by Gasteiger charge is -2.08. The fraction of sp³-hybridized carbons (Fsp3) is 0.0952. The number of amides is 1. The van der Waals surface area contributed by atoms with Gasteiger partial charge in [0.2, 0.25) is 0 Å². The van der Waals surface area contributed by atoms with Crippen molar-refractivity contribution in [1.82, 2.24) is 14.8 Å². The van der Waals surface area contributed by atoms with E-state index < -0.39 is 17.6 Å². The number of anilines is 1. The van der Waals surface area contributed by atoms with Gasteiger partial charge in [-0.25, -0.2) is 0 Å². The van der Waals surface area contributed by atoms with E-state index in [2.05, 4.69) is 15.4 Å². The molecule has 1 N–H and O–H groups in total. The molecule has 9 heteroatoms. The van der Waals surface area contributed by atoms with Crippen LogP contribution < -0.4 is 5.32 Å². The number of carbonyl (C=O) groups is 1. The Bertz CT molecular complexity index is 1270. The average molecular weight is 431 g/mol. The molecule has 2 heterocycles.